The monoisotopic (exact) mass is 614 g/mol. The number of amides is 6. The molecule has 0 unspecified atom stereocenters. The number of likely N-dealkylation sites (tertiary alicyclic amines) is 1. The zero-order valence-corrected chi connectivity index (χ0v) is 23.8. The maximum Gasteiger partial charge on any atom is 0.326 e. The van der Waals surface area contributed by atoms with Gasteiger partial charge in [-0.2, -0.15) is 0 Å². The second kappa shape index (κ2) is 19.0. The molecule has 1 rings (SSSR count). The number of nitrogens with one attached hydrogen (secondary N) is 4. The third-order valence-electron chi connectivity index (χ3n) is 6.62. The van der Waals surface area contributed by atoms with E-state index in [2.05, 4.69) is 21.3 Å². The van der Waals surface area contributed by atoms with E-state index in [0.717, 1.165) is 4.90 Å². The lowest BCUT2D eigenvalue weighted by atomic mass is 10.1. The van der Waals surface area contributed by atoms with Crippen LogP contribution in [0.3, 0.4) is 0 Å². The molecule has 18 nitrogen and oxygen atoms in total. The summed E-state index contributed by atoms with van der Waals surface area (Å²) >= 11 is 0. The van der Waals surface area contributed by atoms with Crippen molar-refractivity contribution >= 4 is 47.4 Å². The number of carbonyl (C=O) groups is 8. The van der Waals surface area contributed by atoms with Gasteiger partial charge in [-0.3, -0.25) is 33.6 Å². The molecule has 242 valence electrons. The Kier molecular flexibility index (Phi) is 16.2. The van der Waals surface area contributed by atoms with Gasteiger partial charge in [0.05, 0.1) is 13.1 Å². The smallest absolute Gasteiger partial charge is 0.326 e. The van der Waals surface area contributed by atoms with Crippen molar-refractivity contribution in [3.63, 3.8) is 0 Å². The Hall–Kier alpha value is -4.32. The average molecular weight is 615 g/mol. The van der Waals surface area contributed by atoms with Crippen molar-refractivity contribution in [3.8, 4) is 0 Å². The molecule has 0 aromatic rings. The topological polar surface area (TPSA) is 306 Å². The molecular formula is C25H42N8O10. The lowest BCUT2D eigenvalue weighted by Gasteiger charge is -2.27. The molecule has 1 fully saturated rings. The Bertz CT molecular complexity index is 1040. The number of unbranched alkanes of at least 4 members (excludes halogenated alkanes) is 1. The van der Waals surface area contributed by atoms with Crippen LogP contribution >= 0.6 is 0 Å². The first-order valence-corrected chi connectivity index (χ1v) is 13.9. The van der Waals surface area contributed by atoms with Gasteiger partial charge in [-0.05, 0) is 51.5 Å². The molecule has 1 aliphatic heterocycles. The van der Waals surface area contributed by atoms with Crippen LogP contribution in [0.1, 0.15) is 57.8 Å². The van der Waals surface area contributed by atoms with E-state index in [0.29, 0.717) is 25.8 Å². The molecule has 1 saturated heterocycles. The first kappa shape index (κ1) is 36.7. The number of rotatable bonds is 20. The van der Waals surface area contributed by atoms with Crippen molar-refractivity contribution in [2.24, 2.45) is 17.2 Å². The van der Waals surface area contributed by atoms with Crippen LogP contribution in [-0.2, 0) is 38.4 Å². The Labute approximate surface area is 247 Å². The van der Waals surface area contributed by atoms with Crippen molar-refractivity contribution in [1.29, 1.82) is 0 Å². The molecule has 0 aromatic carbocycles. The summed E-state index contributed by atoms with van der Waals surface area (Å²) in [5, 5.41) is 28.0. The van der Waals surface area contributed by atoms with Gasteiger partial charge in [-0.25, -0.2) is 4.79 Å². The van der Waals surface area contributed by atoms with E-state index >= 15 is 0 Å². The number of aliphatic carboxylic acids is 2. The number of nitrogens with zero attached hydrogens (tertiary/aromatic N) is 1. The lowest BCUT2D eigenvalue weighted by Crippen LogP contribution is -2.56. The zero-order valence-electron chi connectivity index (χ0n) is 23.8. The number of nitrogens with two attached hydrogens (primary N) is 3. The Morgan fingerprint density at radius 3 is 2.00 bits per heavy atom. The van der Waals surface area contributed by atoms with Crippen LogP contribution in [0, 0.1) is 0 Å². The summed E-state index contributed by atoms with van der Waals surface area (Å²) in [6.45, 7) is -0.650. The molecule has 0 aliphatic carbocycles. The molecule has 12 N–H and O–H groups in total. The van der Waals surface area contributed by atoms with Crippen LogP contribution in [-0.4, -0.2) is 113 Å². The third kappa shape index (κ3) is 13.5. The van der Waals surface area contributed by atoms with Gasteiger partial charge in [-0.1, -0.05) is 0 Å². The summed E-state index contributed by atoms with van der Waals surface area (Å²) in [6.07, 6.45) is 0.483. The van der Waals surface area contributed by atoms with Gasteiger partial charge in [-0.15, -0.1) is 0 Å². The first-order chi connectivity index (χ1) is 20.3. The molecule has 0 aromatic heterocycles. The minimum Gasteiger partial charge on any atom is -0.481 e. The van der Waals surface area contributed by atoms with Gasteiger partial charge in [0.25, 0.3) is 0 Å². The van der Waals surface area contributed by atoms with Crippen LogP contribution in [0.5, 0.6) is 0 Å². The van der Waals surface area contributed by atoms with E-state index < -0.39 is 91.1 Å². The Balaban J connectivity index is 2.93. The Morgan fingerprint density at radius 2 is 1.42 bits per heavy atom. The van der Waals surface area contributed by atoms with E-state index in [4.69, 9.17) is 22.3 Å². The van der Waals surface area contributed by atoms with E-state index in [9.17, 15) is 43.5 Å². The predicted molar refractivity (Wildman–Crippen MR) is 148 cm³/mol. The van der Waals surface area contributed by atoms with E-state index in [1.165, 1.54) is 0 Å². The number of carboxylic acids is 2. The fourth-order valence-corrected chi connectivity index (χ4v) is 4.39. The second-order valence-corrected chi connectivity index (χ2v) is 9.97. The van der Waals surface area contributed by atoms with Crippen LogP contribution in [0.15, 0.2) is 0 Å². The molecule has 18 heteroatoms. The highest BCUT2D eigenvalue weighted by atomic mass is 16.4. The number of hydrogen-bond donors (Lipinski definition) is 9. The summed E-state index contributed by atoms with van der Waals surface area (Å²) in [6, 6.07) is -4.85. The van der Waals surface area contributed by atoms with Crippen molar-refractivity contribution in [2.75, 3.05) is 26.2 Å². The molecule has 1 heterocycles. The minimum atomic E-state index is -1.35. The molecular weight excluding hydrogens is 572 g/mol. The summed E-state index contributed by atoms with van der Waals surface area (Å²) in [7, 11) is 0. The fraction of sp³-hybridized carbons (Fsp3) is 0.680. The quantitative estimate of drug-likeness (QED) is 0.0590. The van der Waals surface area contributed by atoms with Gasteiger partial charge < -0.3 is 53.6 Å². The largest absolute Gasteiger partial charge is 0.481 e. The van der Waals surface area contributed by atoms with Crippen molar-refractivity contribution < 1.29 is 48.6 Å². The van der Waals surface area contributed by atoms with E-state index in [1.807, 2.05) is 0 Å². The number of carbonyl (C=O) groups excluding carboxylic acids is 6. The van der Waals surface area contributed by atoms with E-state index in [1.54, 1.807) is 0 Å². The molecule has 4 atom stereocenters. The van der Waals surface area contributed by atoms with Gasteiger partial charge in [0.15, 0.2) is 0 Å². The highest BCUT2D eigenvalue weighted by Crippen LogP contribution is 2.19. The van der Waals surface area contributed by atoms with Crippen LogP contribution in [0.2, 0.25) is 0 Å². The van der Waals surface area contributed by atoms with Crippen LogP contribution < -0.4 is 38.5 Å². The second-order valence-electron chi connectivity index (χ2n) is 9.97. The first-order valence-electron chi connectivity index (χ1n) is 13.9. The van der Waals surface area contributed by atoms with Crippen molar-refractivity contribution in [3.05, 3.63) is 0 Å². The maximum atomic E-state index is 13.0. The van der Waals surface area contributed by atoms with Gasteiger partial charge in [0, 0.05) is 19.4 Å². The maximum absolute atomic E-state index is 13.0. The summed E-state index contributed by atoms with van der Waals surface area (Å²) in [5.41, 5.74) is 15.9. The normalized spacial score (nSPS) is 16.3. The zero-order chi connectivity index (χ0) is 32.5. The fourth-order valence-electron chi connectivity index (χ4n) is 4.39. The third-order valence-corrected chi connectivity index (χ3v) is 6.62. The van der Waals surface area contributed by atoms with Crippen LogP contribution in [0.25, 0.3) is 0 Å². The standard InChI is InChI=1S/C25H42N8O10/c26-10-2-1-4-14(32-23(40)15(6-8-18(28)34)30-19(35)12-27)22(39)29-13-20(36)31-16(7-9-21(37)38)24(41)33-11-3-5-17(33)25(42)43/h14-17H,1-13,26-27H2,(H2,28,34)(H,29,39)(H,30,35)(H,31,36)(H,32,40)(H,37,38)(H,42,43)/t14-,15-,16-,17-/m0/s1. The van der Waals surface area contributed by atoms with Crippen molar-refractivity contribution in [1.82, 2.24) is 26.2 Å². The predicted octanol–water partition coefficient (Wildman–Crippen LogP) is -4.15. The van der Waals surface area contributed by atoms with Crippen molar-refractivity contribution in [2.45, 2.75) is 82.0 Å². The van der Waals surface area contributed by atoms with Crippen LogP contribution in [0.4, 0.5) is 0 Å². The minimum absolute atomic E-state index is 0.106. The average Bonchev–Trinajstić information content (AvgIpc) is 3.45. The molecule has 43 heavy (non-hydrogen) atoms. The molecule has 0 spiro atoms. The molecule has 1 aliphatic rings. The highest BCUT2D eigenvalue weighted by Gasteiger charge is 2.37. The lowest BCUT2D eigenvalue weighted by molar-refractivity contribution is -0.149. The summed E-state index contributed by atoms with van der Waals surface area (Å²) in [4.78, 5) is 98.3. The molecule has 0 radical (unpaired) electrons. The van der Waals surface area contributed by atoms with Gasteiger partial charge in [0.2, 0.25) is 35.4 Å². The number of hydrogen-bond acceptors (Lipinski definition) is 10. The molecule has 6 amide bonds. The number of primary amides is 1. The molecule has 0 bridgehead atoms. The Morgan fingerprint density at radius 1 is 0.791 bits per heavy atom. The SMILES string of the molecule is NCCCC[C@H](NC(=O)[C@H](CCC(N)=O)NC(=O)CN)C(=O)NCC(=O)N[C@@H](CCC(=O)O)C(=O)N1CCC[C@H]1C(=O)O. The van der Waals surface area contributed by atoms with E-state index in [-0.39, 0.29) is 38.6 Å². The number of carboxylic acid groups (broad SMARTS) is 2. The van der Waals surface area contributed by atoms with Gasteiger partial charge in [0.1, 0.15) is 24.2 Å². The summed E-state index contributed by atoms with van der Waals surface area (Å²) < 4.78 is 0. The highest BCUT2D eigenvalue weighted by molar-refractivity contribution is 5.95. The van der Waals surface area contributed by atoms with Gasteiger partial charge >= 0.3 is 11.9 Å². The summed E-state index contributed by atoms with van der Waals surface area (Å²) in [5.74, 6) is -7.03. The molecule has 0 saturated carbocycles.